The van der Waals surface area contributed by atoms with E-state index in [1.165, 1.54) is 31.4 Å². The Morgan fingerprint density at radius 1 is 1.43 bits per heavy atom. The lowest BCUT2D eigenvalue weighted by Crippen LogP contribution is -2.13. The minimum Gasteiger partial charge on any atom is -0.398 e. The molecule has 0 heterocycles. The second-order valence-corrected chi connectivity index (χ2v) is 4.85. The smallest absolute Gasteiger partial charge is 0.125 e. The number of nitrogens with two attached hydrogens (primary N) is 1. The van der Waals surface area contributed by atoms with Gasteiger partial charge in [-0.1, -0.05) is 6.42 Å². The van der Waals surface area contributed by atoms with Gasteiger partial charge >= 0.3 is 0 Å². The first-order valence-electron chi connectivity index (χ1n) is 4.93. The maximum atomic E-state index is 12.7. The average molecular weight is 211 g/mol. The molecule has 0 aromatic heterocycles. The standard InChI is InChI=1S/C11H14FNS/c12-9-4-5-11(10(13)6-9)14-7-8-2-1-3-8/h4-6,8H,1-3,7,13H2. The fourth-order valence-electron chi connectivity index (χ4n) is 1.52. The van der Waals surface area contributed by atoms with Crippen LogP contribution in [-0.4, -0.2) is 5.75 Å². The van der Waals surface area contributed by atoms with Gasteiger partial charge < -0.3 is 5.73 Å². The van der Waals surface area contributed by atoms with E-state index in [9.17, 15) is 4.39 Å². The van der Waals surface area contributed by atoms with Gasteiger partial charge in [0.25, 0.3) is 0 Å². The van der Waals surface area contributed by atoms with Crippen LogP contribution in [0.5, 0.6) is 0 Å². The minimum absolute atomic E-state index is 0.254. The van der Waals surface area contributed by atoms with Crippen molar-refractivity contribution in [3.8, 4) is 0 Å². The second kappa shape index (κ2) is 4.22. The molecule has 1 aromatic carbocycles. The summed E-state index contributed by atoms with van der Waals surface area (Å²) in [5, 5.41) is 0. The van der Waals surface area contributed by atoms with Crippen LogP contribution < -0.4 is 5.73 Å². The molecule has 0 atom stereocenters. The van der Waals surface area contributed by atoms with E-state index in [0.29, 0.717) is 5.69 Å². The summed E-state index contributed by atoms with van der Waals surface area (Å²) in [6.07, 6.45) is 4.05. The summed E-state index contributed by atoms with van der Waals surface area (Å²) in [5.41, 5.74) is 6.27. The van der Waals surface area contributed by atoms with E-state index in [1.807, 2.05) is 0 Å². The number of halogens is 1. The zero-order valence-corrected chi connectivity index (χ0v) is 8.82. The van der Waals surface area contributed by atoms with E-state index in [-0.39, 0.29) is 5.82 Å². The van der Waals surface area contributed by atoms with E-state index in [2.05, 4.69) is 0 Å². The molecule has 1 saturated carbocycles. The van der Waals surface area contributed by atoms with E-state index in [4.69, 9.17) is 5.73 Å². The molecule has 3 heteroatoms. The third kappa shape index (κ3) is 2.21. The lowest BCUT2D eigenvalue weighted by molar-refractivity contribution is 0.353. The number of rotatable bonds is 3. The highest BCUT2D eigenvalue weighted by molar-refractivity contribution is 7.99. The number of hydrogen-bond acceptors (Lipinski definition) is 2. The highest BCUT2D eigenvalue weighted by Crippen LogP contribution is 2.34. The number of anilines is 1. The zero-order valence-electron chi connectivity index (χ0n) is 8.00. The van der Waals surface area contributed by atoms with Crippen molar-refractivity contribution in [3.05, 3.63) is 24.0 Å². The summed E-state index contributed by atoms with van der Waals surface area (Å²) in [6.45, 7) is 0. The van der Waals surface area contributed by atoms with Crippen LogP contribution in [0, 0.1) is 11.7 Å². The lowest BCUT2D eigenvalue weighted by Gasteiger charge is -2.24. The Morgan fingerprint density at radius 2 is 2.21 bits per heavy atom. The number of hydrogen-bond donors (Lipinski definition) is 1. The van der Waals surface area contributed by atoms with Crippen LogP contribution in [0.25, 0.3) is 0 Å². The SMILES string of the molecule is Nc1cc(F)ccc1SCC1CCC1. The van der Waals surface area contributed by atoms with Crippen molar-refractivity contribution in [2.75, 3.05) is 11.5 Å². The van der Waals surface area contributed by atoms with Crippen molar-refractivity contribution in [1.82, 2.24) is 0 Å². The summed E-state index contributed by atoms with van der Waals surface area (Å²) in [7, 11) is 0. The maximum absolute atomic E-state index is 12.7. The molecule has 1 aromatic rings. The van der Waals surface area contributed by atoms with E-state index < -0.39 is 0 Å². The van der Waals surface area contributed by atoms with Gasteiger partial charge in [0.05, 0.1) is 0 Å². The van der Waals surface area contributed by atoms with Gasteiger partial charge in [0, 0.05) is 16.3 Å². The largest absolute Gasteiger partial charge is 0.398 e. The van der Waals surface area contributed by atoms with E-state index >= 15 is 0 Å². The molecule has 0 spiro atoms. The topological polar surface area (TPSA) is 26.0 Å². The first-order valence-corrected chi connectivity index (χ1v) is 5.92. The Morgan fingerprint density at radius 3 is 2.79 bits per heavy atom. The fourth-order valence-corrected chi connectivity index (χ4v) is 2.66. The van der Waals surface area contributed by atoms with Crippen molar-refractivity contribution in [2.45, 2.75) is 24.2 Å². The molecule has 2 N–H and O–H groups in total. The zero-order chi connectivity index (χ0) is 9.97. The third-order valence-corrected chi connectivity index (χ3v) is 3.99. The van der Waals surface area contributed by atoms with E-state index in [0.717, 1.165) is 16.6 Å². The van der Waals surface area contributed by atoms with Gasteiger partial charge in [-0.15, -0.1) is 11.8 Å². The molecular weight excluding hydrogens is 197 g/mol. The Hall–Kier alpha value is -0.700. The van der Waals surface area contributed by atoms with Crippen molar-refractivity contribution in [3.63, 3.8) is 0 Å². The summed E-state index contributed by atoms with van der Waals surface area (Å²) >= 11 is 1.75. The summed E-state index contributed by atoms with van der Waals surface area (Å²) < 4.78 is 12.7. The molecule has 1 aliphatic rings. The monoisotopic (exact) mass is 211 g/mol. The normalized spacial score (nSPS) is 16.6. The molecular formula is C11H14FNS. The molecule has 0 bridgehead atoms. The molecule has 76 valence electrons. The number of benzene rings is 1. The first-order chi connectivity index (χ1) is 6.75. The molecule has 0 saturated heterocycles. The van der Waals surface area contributed by atoms with Crippen molar-refractivity contribution in [2.24, 2.45) is 5.92 Å². The van der Waals surface area contributed by atoms with Gasteiger partial charge in [-0.05, 0) is 37.0 Å². The van der Waals surface area contributed by atoms with Gasteiger partial charge in [-0.2, -0.15) is 0 Å². The van der Waals surface area contributed by atoms with Crippen LogP contribution in [0.15, 0.2) is 23.1 Å². The van der Waals surface area contributed by atoms with Gasteiger partial charge in [0.15, 0.2) is 0 Å². The Bertz CT molecular complexity index is 323. The van der Waals surface area contributed by atoms with Crippen LogP contribution in [-0.2, 0) is 0 Å². The highest BCUT2D eigenvalue weighted by atomic mass is 32.2. The van der Waals surface area contributed by atoms with Crippen LogP contribution in [0.1, 0.15) is 19.3 Å². The highest BCUT2D eigenvalue weighted by Gasteiger charge is 2.17. The van der Waals surface area contributed by atoms with Crippen LogP contribution >= 0.6 is 11.8 Å². The number of thioether (sulfide) groups is 1. The quantitative estimate of drug-likeness (QED) is 0.613. The van der Waals surface area contributed by atoms with Gasteiger partial charge in [0.2, 0.25) is 0 Å². The molecule has 0 aliphatic heterocycles. The predicted molar refractivity (Wildman–Crippen MR) is 58.9 cm³/mol. The van der Waals surface area contributed by atoms with Crippen molar-refractivity contribution < 1.29 is 4.39 Å². The van der Waals surface area contributed by atoms with E-state index in [1.54, 1.807) is 17.8 Å². The van der Waals surface area contributed by atoms with Gasteiger partial charge in [0.1, 0.15) is 5.82 Å². The van der Waals surface area contributed by atoms with Crippen LogP contribution in [0.2, 0.25) is 0 Å². The summed E-state index contributed by atoms with van der Waals surface area (Å²) in [5.74, 6) is 1.72. The average Bonchev–Trinajstić information content (AvgIpc) is 2.05. The lowest BCUT2D eigenvalue weighted by atomic mass is 9.87. The molecule has 0 amide bonds. The minimum atomic E-state index is -0.254. The summed E-state index contributed by atoms with van der Waals surface area (Å²) in [6, 6.07) is 4.64. The molecule has 1 nitrogen and oxygen atoms in total. The van der Waals surface area contributed by atoms with Gasteiger partial charge in [-0.25, -0.2) is 4.39 Å². The molecule has 0 unspecified atom stereocenters. The Balaban J connectivity index is 1.94. The number of nitrogen functional groups attached to an aromatic ring is 1. The molecule has 0 radical (unpaired) electrons. The fraction of sp³-hybridized carbons (Fsp3) is 0.455. The molecule has 2 rings (SSSR count). The van der Waals surface area contributed by atoms with Crippen LogP contribution in [0.4, 0.5) is 10.1 Å². The molecule has 14 heavy (non-hydrogen) atoms. The maximum Gasteiger partial charge on any atom is 0.125 e. The first kappa shape index (κ1) is 9.84. The van der Waals surface area contributed by atoms with Gasteiger partial charge in [-0.3, -0.25) is 0 Å². The van der Waals surface area contributed by atoms with Crippen LogP contribution in [0.3, 0.4) is 0 Å². The van der Waals surface area contributed by atoms with Crippen molar-refractivity contribution in [1.29, 1.82) is 0 Å². The van der Waals surface area contributed by atoms with Crippen molar-refractivity contribution >= 4 is 17.4 Å². The second-order valence-electron chi connectivity index (χ2n) is 3.79. The third-order valence-electron chi connectivity index (χ3n) is 2.67. The Labute approximate surface area is 87.9 Å². The summed E-state index contributed by atoms with van der Waals surface area (Å²) in [4.78, 5) is 1.01. The predicted octanol–water partition coefficient (Wildman–Crippen LogP) is 3.30. The molecule has 1 aliphatic carbocycles. The molecule has 1 fully saturated rings. The Kier molecular flexibility index (Phi) is 2.96.